The minimum absolute atomic E-state index is 0.0507. The first kappa shape index (κ1) is 13.4. The number of carboxylic acid groups (broad SMARTS) is 1. The van der Waals surface area contributed by atoms with Crippen molar-refractivity contribution in [2.75, 3.05) is 12.9 Å². The van der Waals surface area contributed by atoms with Gasteiger partial charge in [-0.25, -0.2) is 0 Å². The van der Waals surface area contributed by atoms with E-state index in [9.17, 15) is 9.90 Å². The number of rotatable bonds is 6. The Labute approximate surface area is 113 Å². The van der Waals surface area contributed by atoms with Crippen LogP contribution in [0.15, 0.2) is 33.9 Å². The van der Waals surface area contributed by atoms with E-state index in [1.54, 1.807) is 19.2 Å². The van der Waals surface area contributed by atoms with Crippen LogP contribution in [0.3, 0.4) is 0 Å². The number of thioether (sulfide) groups is 1. The first-order valence-electron chi connectivity index (χ1n) is 5.49. The molecule has 0 saturated heterocycles. The average Bonchev–Trinajstić information content (AvgIpc) is 2.87. The summed E-state index contributed by atoms with van der Waals surface area (Å²) in [6.45, 7) is 0. The smallest absolute Gasteiger partial charge is 0.276 e. The van der Waals surface area contributed by atoms with Crippen molar-refractivity contribution >= 4 is 17.7 Å². The molecule has 0 bridgehead atoms. The molecule has 7 heteroatoms. The molecule has 19 heavy (non-hydrogen) atoms. The van der Waals surface area contributed by atoms with Crippen LogP contribution in [0.2, 0.25) is 0 Å². The zero-order valence-corrected chi connectivity index (χ0v) is 11.0. The lowest BCUT2D eigenvalue weighted by Gasteiger charge is -1.99. The Morgan fingerprint density at radius 2 is 2.11 bits per heavy atom. The van der Waals surface area contributed by atoms with Gasteiger partial charge in [-0.3, -0.25) is 0 Å². The second-order valence-electron chi connectivity index (χ2n) is 3.57. The standard InChI is InChI=1S/C12H12N2O4S/c1-17-9-4-2-8(3-5-9)11-13-14-12(18-11)19-7-6-10(15)16/h2-5H,6-7H2,1H3,(H,15,16)/p-1. The number of carbonyl (C=O) groups is 1. The predicted octanol–water partition coefficient (Wildman–Crippen LogP) is 0.977. The molecule has 0 aliphatic carbocycles. The van der Waals surface area contributed by atoms with E-state index in [0.717, 1.165) is 11.3 Å². The number of aliphatic carboxylic acids is 1. The van der Waals surface area contributed by atoms with Crippen molar-refractivity contribution in [2.24, 2.45) is 0 Å². The van der Waals surface area contributed by atoms with E-state index in [0.29, 0.717) is 16.9 Å². The summed E-state index contributed by atoms with van der Waals surface area (Å²) in [5.74, 6) is 0.375. The molecule has 0 unspecified atom stereocenters. The third-order valence-electron chi connectivity index (χ3n) is 2.28. The second kappa shape index (κ2) is 6.24. The maximum atomic E-state index is 10.3. The first-order chi connectivity index (χ1) is 9.19. The molecular formula is C12H11N2O4S-. The molecule has 0 aliphatic rings. The molecule has 0 radical (unpaired) electrons. The quantitative estimate of drug-likeness (QED) is 0.728. The number of methoxy groups -OCH3 is 1. The predicted molar refractivity (Wildman–Crippen MR) is 66.6 cm³/mol. The Morgan fingerprint density at radius 1 is 1.37 bits per heavy atom. The Morgan fingerprint density at radius 3 is 2.74 bits per heavy atom. The molecule has 100 valence electrons. The summed E-state index contributed by atoms with van der Waals surface area (Å²) in [6.07, 6.45) is -0.0507. The van der Waals surface area contributed by atoms with Gasteiger partial charge >= 0.3 is 0 Å². The van der Waals surface area contributed by atoms with Gasteiger partial charge < -0.3 is 19.1 Å². The number of aromatic nitrogens is 2. The minimum Gasteiger partial charge on any atom is -0.550 e. The fraction of sp³-hybridized carbons (Fsp3) is 0.250. The van der Waals surface area contributed by atoms with E-state index in [1.807, 2.05) is 12.1 Å². The van der Waals surface area contributed by atoms with Gasteiger partial charge in [0.2, 0.25) is 5.89 Å². The van der Waals surface area contributed by atoms with Crippen LogP contribution >= 0.6 is 11.8 Å². The highest BCUT2D eigenvalue weighted by Crippen LogP contribution is 2.24. The van der Waals surface area contributed by atoms with E-state index in [4.69, 9.17) is 9.15 Å². The maximum absolute atomic E-state index is 10.3. The largest absolute Gasteiger partial charge is 0.550 e. The van der Waals surface area contributed by atoms with Gasteiger partial charge in [-0.1, -0.05) is 11.8 Å². The molecule has 1 heterocycles. The number of hydrogen-bond acceptors (Lipinski definition) is 7. The van der Waals surface area contributed by atoms with Crippen LogP contribution in [0.25, 0.3) is 11.5 Å². The summed E-state index contributed by atoms with van der Waals surface area (Å²) in [5.41, 5.74) is 0.778. The highest BCUT2D eigenvalue weighted by atomic mass is 32.2. The van der Waals surface area contributed by atoms with Crippen LogP contribution < -0.4 is 9.84 Å². The van der Waals surface area contributed by atoms with Crippen LogP contribution in [0, 0.1) is 0 Å². The lowest BCUT2D eigenvalue weighted by atomic mass is 10.2. The van der Waals surface area contributed by atoms with E-state index in [1.165, 1.54) is 11.8 Å². The van der Waals surface area contributed by atoms with Gasteiger partial charge in [-0.15, -0.1) is 10.2 Å². The molecule has 0 N–H and O–H groups in total. The molecule has 0 aliphatic heterocycles. The van der Waals surface area contributed by atoms with Crippen molar-refractivity contribution < 1.29 is 19.1 Å². The Hall–Kier alpha value is -2.02. The number of ether oxygens (including phenoxy) is 1. The number of benzene rings is 1. The van der Waals surface area contributed by atoms with Crippen molar-refractivity contribution in [1.29, 1.82) is 0 Å². The Balaban J connectivity index is 2.01. The molecule has 1 aromatic carbocycles. The Kier molecular flexibility index (Phi) is 4.40. The molecule has 0 atom stereocenters. The van der Waals surface area contributed by atoms with Crippen LogP contribution in [0.5, 0.6) is 5.75 Å². The van der Waals surface area contributed by atoms with E-state index in [-0.39, 0.29) is 6.42 Å². The van der Waals surface area contributed by atoms with Gasteiger partial charge in [0.15, 0.2) is 0 Å². The molecule has 0 fully saturated rings. The molecule has 2 aromatic rings. The topological polar surface area (TPSA) is 88.3 Å². The monoisotopic (exact) mass is 279 g/mol. The maximum Gasteiger partial charge on any atom is 0.276 e. The normalized spacial score (nSPS) is 10.4. The lowest BCUT2D eigenvalue weighted by Crippen LogP contribution is -2.22. The van der Waals surface area contributed by atoms with Gasteiger partial charge in [-0.05, 0) is 30.7 Å². The van der Waals surface area contributed by atoms with Gasteiger partial charge in [0.25, 0.3) is 5.22 Å². The van der Waals surface area contributed by atoms with Crippen LogP contribution in [-0.2, 0) is 4.79 Å². The minimum atomic E-state index is -1.10. The van der Waals surface area contributed by atoms with Crippen LogP contribution in [0.1, 0.15) is 6.42 Å². The summed E-state index contributed by atoms with van der Waals surface area (Å²) in [4.78, 5) is 10.3. The summed E-state index contributed by atoms with van der Waals surface area (Å²) in [7, 11) is 1.59. The van der Waals surface area contributed by atoms with E-state index in [2.05, 4.69) is 10.2 Å². The first-order valence-corrected chi connectivity index (χ1v) is 6.48. The zero-order chi connectivity index (χ0) is 13.7. The number of carbonyl (C=O) groups excluding carboxylic acids is 1. The molecule has 0 spiro atoms. The molecule has 6 nitrogen and oxygen atoms in total. The van der Waals surface area contributed by atoms with Crippen LogP contribution in [-0.4, -0.2) is 29.0 Å². The van der Waals surface area contributed by atoms with Gasteiger partial charge in [0.1, 0.15) is 5.75 Å². The Bertz CT molecular complexity index is 553. The fourth-order valence-corrected chi connectivity index (χ4v) is 2.02. The SMILES string of the molecule is COc1ccc(-c2nnc(SCCC(=O)[O-])o2)cc1. The molecule has 0 saturated carbocycles. The zero-order valence-electron chi connectivity index (χ0n) is 10.2. The molecule has 1 aromatic heterocycles. The van der Waals surface area contributed by atoms with Crippen molar-refractivity contribution in [2.45, 2.75) is 11.6 Å². The van der Waals surface area contributed by atoms with Crippen LogP contribution in [0.4, 0.5) is 0 Å². The van der Waals surface area contributed by atoms with Gasteiger partial charge in [-0.2, -0.15) is 0 Å². The second-order valence-corrected chi connectivity index (χ2v) is 4.62. The van der Waals surface area contributed by atoms with Crippen molar-refractivity contribution in [3.05, 3.63) is 24.3 Å². The summed E-state index contributed by atoms with van der Waals surface area (Å²) in [5, 5.41) is 18.3. The summed E-state index contributed by atoms with van der Waals surface area (Å²) in [6, 6.07) is 7.20. The molecule has 0 amide bonds. The summed E-state index contributed by atoms with van der Waals surface area (Å²) < 4.78 is 10.5. The number of nitrogens with zero attached hydrogens (tertiary/aromatic N) is 2. The van der Waals surface area contributed by atoms with E-state index >= 15 is 0 Å². The third kappa shape index (κ3) is 3.72. The third-order valence-corrected chi connectivity index (χ3v) is 3.10. The van der Waals surface area contributed by atoms with Gasteiger partial charge in [0, 0.05) is 17.3 Å². The van der Waals surface area contributed by atoms with Crippen molar-refractivity contribution in [3.8, 4) is 17.2 Å². The van der Waals surface area contributed by atoms with E-state index < -0.39 is 5.97 Å². The van der Waals surface area contributed by atoms with Crippen molar-refractivity contribution in [1.82, 2.24) is 10.2 Å². The highest BCUT2D eigenvalue weighted by Gasteiger charge is 2.08. The number of carboxylic acids is 1. The average molecular weight is 279 g/mol. The molecular weight excluding hydrogens is 268 g/mol. The molecule has 2 rings (SSSR count). The number of hydrogen-bond donors (Lipinski definition) is 0. The lowest BCUT2D eigenvalue weighted by molar-refractivity contribution is -0.305. The summed E-state index contributed by atoms with van der Waals surface area (Å²) >= 11 is 1.19. The van der Waals surface area contributed by atoms with Gasteiger partial charge in [0.05, 0.1) is 7.11 Å². The fourth-order valence-electron chi connectivity index (χ4n) is 1.34. The highest BCUT2D eigenvalue weighted by molar-refractivity contribution is 7.99. The van der Waals surface area contributed by atoms with Crippen molar-refractivity contribution in [3.63, 3.8) is 0 Å².